The van der Waals surface area contributed by atoms with Crippen LogP contribution in [0.3, 0.4) is 0 Å². The fraction of sp³-hybridized carbons (Fsp3) is 0.444. The maximum absolute atomic E-state index is 12.6. The molecule has 6 nitrogen and oxygen atoms in total. The number of aromatic nitrogens is 2. The average molecular weight is 361 g/mol. The van der Waals surface area contributed by atoms with Crippen LogP contribution in [0.1, 0.15) is 24.0 Å². The van der Waals surface area contributed by atoms with Crippen molar-refractivity contribution >= 4 is 11.1 Å². The lowest BCUT2D eigenvalue weighted by molar-refractivity contribution is 0.395. The van der Waals surface area contributed by atoms with E-state index in [0.29, 0.717) is 19.0 Å². The Morgan fingerprint density at radius 2 is 1.96 bits per heavy atom. The number of hydrogen-bond donors (Lipinski definition) is 1. The molecule has 1 aromatic heterocycles. The summed E-state index contributed by atoms with van der Waals surface area (Å²) in [5.41, 5.74) is 3.17. The van der Waals surface area contributed by atoms with Gasteiger partial charge in [0.05, 0.1) is 11.4 Å². The maximum atomic E-state index is 12.6. The molecule has 134 valence electrons. The predicted octanol–water partition coefficient (Wildman–Crippen LogP) is 2.10. The molecule has 3 rings (SSSR count). The average Bonchev–Trinajstić information content (AvgIpc) is 3.35. The topological polar surface area (TPSA) is 75.4 Å². The number of benzene rings is 1. The number of nitrogens with zero attached hydrogens (tertiary/aromatic N) is 3. The van der Waals surface area contributed by atoms with Gasteiger partial charge in [-0.1, -0.05) is 24.3 Å². The molecule has 0 spiro atoms. The van der Waals surface area contributed by atoms with Crippen LogP contribution in [0.25, 0.3) is 11.3 Å². The summed E-state index contributed by atoms with van der Waals surface area (Å²) in [6.07, 6.45) is 2.32. The molecule has 25 heavy (non-hydrogen) atoms. The Kier molecular flexibility index (Phi) is 5.46. The predicted molar refractivity (Wildman–Crippen MR) is 98.5 cm³/mol. The molecule has 1 aliphatic carbocycles. The summed E-state index contributed by atoms with van der Waals surface area (Å²) in [4.78, 5) is 14.6. The number of rotatable bonds is 7. The molecule has 1 saturated carbocycles. The quantitative estimate of drug-likeness (QED) is 0.765. The van der Waals surface area contributed by atoms with Crippen molar-refractivity contribution in [2.45, 2.75) is 31.7 Å². The first-order valence-corrected chi connectivity index (χ1v) is 9.62. The summed E-state index contributed by atoms with van der Waals surface area (Å²) in [6.45, 7) is 1.25. The van der Waals surface area contributed by atoms with Crippen molar-refractivity contribution in [3.05, 3.63) is 51.8 Å². The first-order valence-electron chi connectivity index (χ1n) is 8.35. The van der Waals surface area contributed by atoms with Crippen LogP contribution < -0.4 is 5.56 Å². The fourth-order valence-electron chi connectivity index (χ4n) is 2.77. The SMILES string of the molecule is CN(C)Cc1cc(-c2ccc(CS(=O)O)cc2)nn(CC2CC2)c1=O. The van der Waals surface area contributed by atoms with Crippen LogP contribution in [-0.2, 0) is 29.9 Å². The van der Waals surface area contributed by atoms with Gasteiger partial charge in [0.25, 0.3) is 5.56 Å². The van der Waals surface area contributed by atoms with E-state index in [0.717, 1.165) is 35.2 Å². The minimum Gasteiger partial charge on any atom is -0.306 e. The van der Waals surface area contributed by atoms with E-state index >= 15 is 0 Å². The fourth-order valence-corrected chi connectivity index (χ4v) is 3.25. The van der Waals surface area contributed by atoms with Crippen LogP contribution in [0.5, 0.6) is 0 Å². The van der Waals surface area contributed by atoms with Crippen LogP contribution in [0.2, 0.25) is 0 Å². The van der Waals surface area contributed by atoms with Gasteiger partial charge in [0, 0.05) is 24.2 Å². The highest BCUT2D eigenvalue weighted by Crippen LogP contribution is 2.30. The minimum absolute atomic E-state index is 0.0170. The van der Waals surface area contributed by atoms with Crippen LogP contribution >= 0.6 is 0 Å². The normalized spacial score (nSPS) is 15.5. The van der Waals surface area contributed by atoms with E-state index in [1.807, 2.05) is 49.3 Å². The summed E-state index contributed by atoms with van der Waals surface area (Å²) in [5, 5.41) is 4.56. The lowest BCUT2D eigenvalue weighted by atomic mass is 10.1. The van der Waals surface area contributed by atoms with Gasteiger partial charge in [-0.15, -0.1) is 0 Å². The Morgan fingerprint density at radius 3 is 2.52 bits per heavy atom. The largest absolute Gasteiger partial charge is 0.306 e. The molecule has 1 fully saturated rings. The standard InChI is InChI=1S/C18H23N3O3S/c1-20(2)11-16-9-17(19-21(18(16)22)10-13-3-4-13)15-7-5-14(6-8-15)12-25(23)24/h5-9,13H,3-4,10-12H2,1-2H3,(H,23,24). The van der Waals surface area contributed by atoms with Crippen molar-refractivity contribution in [1.82, 2.24) is 14.7 Å². The van der Waals surface area contributed by atoms with Gasteiger partial charge in [-0.3, -0.25) is 4.79 Å². The summed E-state index contributed by atoms with van der Waals surface area (Å²) >= 11 is -1.85. The Balaban J connectivity index is 1.96. The van der Waals surface area contributed by atoms with Gasteiger partial charge in [-0.2, -0.15) is 5.10 Å². The summed E-state index contributed by atoms with van der Waals surface area (Å²) in [5.74, 6) is 0.676. The van der Waals surface area contributed by atoms with Gasteiger partial charge in [0.2, 0.25) is 0 Å². The van der Waals surface area contributed by atoms with E-state index in [9.17, 15) is 9.00 Å². The lowest BCUT2D eigenvalue weighted by Crippen LogP contribution is -2.30. The van der Waals surface area contributed by atoms with E-state index < -0.39 is 11.1 Å². The summed E-state index contributed by atoms with van der Waals surface area (Å²) in [7, 11) is 3.88. The monoisotopic (exact) mass is 361 g/mol. The van der Waals surface area contributed by atoms with Gasteiger partial charge in [0.15, 0.2) is 11.1 Å². The third kappa shape index (κ3) is 4.84. The molecular weight excluding hydrogens is 338 g/mol. The third-order valence-electron chi connectivity index (χ3n) is 4.20. The summed E-state index contributed by atoms with van der Waals surface area (Å²) < 4.78 is 21.5. The lowest BCUT2D eigenvalue weighted by Gasteiger charge is -2.14. The van der Waals surface area contributed by atoms with Gasteiger partial charge in [0.1, 0.15) is 0 Å². The van der Waals surface area contributed by atoms with Crippen molar-refractivity contribution in [2.75, 3.05) is 14.1 Å². The Morgan fingerprint density at radius 1 is 1.28 bits per heavy atom. The zero-order chi connectivity index (χ0) is 18.0. The molecular formula is C18H23N3O3S. The van der Waals surface area contributed by atoms with Gasteiger partial charge in [-0.25, -0.2) is 8.89 Å². The molecule has 0 amide bonds. The molecule has 1 aliphatic rings. The second-order valence-corrected chi connectivity index (χ2v) is 7.82. The van der Waals surface area contributed by atoms with E-state index in [-0.39, 0.29) is 11.3 Å². The smallest absolute Gasteiger partial charge is 0.271 e. The minimum atomic E-state index is -1.85. The van der Waals surface area contributed by atoms with Crippen LogP contribution in [0.15, 0.2) is 35.1 Å². The van der Waals surface area contributed by atoms with Gasteiger partial charge >= 0.3 is 0 Å². The zero-order valence-electron chi connectivity index (χ0n) is 14.5. The molecule has 1 N–H and O–H groups in total. The molecule has 7 heteroatoms. The van der Waals surface area contributed by atoms with Crippen LogP contribution in [0.4, 0.5) is 0 Å². The maximum Gasteiger partial charge on any atom is 0.271 e. The van der Waals surface area contributed by atoms with Crippen molar-refractivity contribution in [3.8, 4) is 11.3 Å². The zero-order valence-corrected chi connectivity index (χ0v) is 15.3. The molecule has 0 bridgehead atoms. The van der Waals surface area contributed by atoms with Crippen molar-refractivity contribution < 1.29 is 8.76 Å². The first-order chi connectivity index (χ1) is 11.9. The molecule has 2 aromatic rings. The van der Waals surface area contributed by atoms with Crippen molar-refractivity contribution in [2.24, 2.45) is 5.92 Å². The van der Waals surface area contributed by atoms with Gasteiger partial charge < -0.3 is 9.45 Å². The second-order valence-electron chi connectivity index (χ2n) is 6.89. The highest BCUT2D eigenvalue weighted by molar-refractivity contribution is 7.78. The van der Waals surface area contributed by atoms with Crippen molar-refractivity contribution in [3.63, 3.8) is 0 Å². The highest BCUT2D eigenvalue weighted by atomic mass is 32.2. The summed E-state index contributed by atoms with van der Waals surface area (Å²) in [6, 6.07) is 9.27. The van der Waals surface area contributed by atoms with Crippen molar-refractivity contribution in [1.29, 1.82) is 0 Å². The molecule has 1 aromatic carbocycles. The Bertz CT molecular complexity index is 798. The molecule has 0 saturated heterocycles. The first kappa shape index (κ1) is 18.0. The van der Waals surface area contributed by atoms with Gasteiger partial charge in [-0.05, 0) is 44.5 Å². The van der Waals surface area contributed by atoms with Crippen LogP contribution in [-0.4, -0.2) is 37.5 Å². The Hall–Kier alpha value is -1.83. The van der Waals surface area contributed by atoms with Crippen LogP contribution in [0, 0.1) is 5.92 Å². The van der Waals surface area contributed by atoms with E-state index in [1.165, 1.54) is 0 Å². The number of hydrogen-bond acceptors (Lipinski definition) is 4. The molecule has 0 radical (unpaired) electrons. The molecule has 1 unspecified atom stereocenters. The van der Waals surface area contributed by atoms with E-state index in [4.69, 9.17) is 4.55 Å². The second kappa shape index (κ2) is 7.59. The molecule has 0 aliphatic heterocycles. The molecule has 1 atom stereocenters. The van der Waals surface area contributed by atoms with E-state index in [2.05, 4.69) is 5.10 Å². The third-order valence-corrected chi connectivity index (χ3v) is 4.78. The highest BCUT2D eigenvalue weighted by Gasteiger charge is 2.23. The van der Waals surface area contributed by atoms with E-state index in [1.54, 1.807) is 4.68 Å². The Labute approximate surface area is 149 Å². The molecule has 1 heterocycles.